The lowest BCUT2D eigenvalue weighted by atomic mass is 10.2. The van der Waals surface area contributed by atoms with Crippen molar-refractivity contribution in [1.82, 2.24) is 0 Å². The van der Waals surface area contributed by atoms with Crippen LogP contribution in [0.5, 0.6) is 5.75 Å². The first-order valence-electron chi connectivity index (χ1n) is 3.55. The van der Waals surface area contributed by atoms with Crippen molar-refractivity contribution in [2.75, 3.05) is 6.61 Å². The second-order valence-electron chi connectivity index (χ2n) is 2.27. The molecule has 69 valence electrons. The molecule has 0 aliphatic carbocycles. The van der Waals surface area contributed by atoms with Crippen molar-refractivity contribution in [2.45, 2.75) is 0 Å². The van der Waals surface area contributed by atoms with E-state index in [9.17, 15) is 13.6 Å². The molecular weight excluding hydrogens is 178 g/mol. The largest absolute Gasteiger partial charge is 0.490 e. The highest BCUT2D eigenvalue weighted by molar-refractivity contribution is 5.75. The standard InChI is InChI=1S/C9H7F2O2/c1-2-13-9-4-7(10)6(5-12)3-8(9)11/h3-5H,1-2H2. The van der Waals surface area contributed by atoms with Crippen molar-refractivity contribution in [2.24, 2.45) is 0 Å². The summed E-state index contributed by atoms with van der Waals surface area (Å²) in [5, 5.41) is 0. The highest BCUT2D eigenvalue weighted by Gasteiger charge is 2.09. The molecule has 2 nitrogen and oxygen atoms in total. The van der Waals surface area contributed by atoms with Gasteiger partial charge in [0, 0.05) is 6.07 Å². The van der Waals surface area contributed by atoms with Gasteiger partial charge in [0.1, 0.15) is 5.82 Å². The van der Waals surface area contributed by atoms with E-state index in [4.69, 9.17) is 0 Å². The number of ether oxygens (including phenoxy) is 1. The molecular formula is C9H7F2O2. The molecule has 0 unspecified atom stereocenters. The number of carbonyl (C=O) groups is 1. The minimum Gasteiger partial charge on any atom is -0.490 e. The van der Waals surface area contributed by atoms with E-state index < -0.39 is 11.6 Å². The Morgan fingerprint density at radius 2 is 2.08 bits per heavy atom. The normalized spacial score (nSPS) is 9.77. The Hall–Kier alpha value is -1.45. The number of aldehydes is 1. The minimum atomic E-state index is -0.806. The molecule has 4 heteroatoms. The van der Waals surface area contributed by atoms with Crippen LogP contribution in [0.15, 0.2) is 12.1 Å². The van der Waals surface area contributed by atoms with E-state index in [1.165, 1.54) is 0 Å². The summed E-state index contributed by atoms with van der Waals surface area (Å²) in [4.78, 5) is 10.2. The first-order chi connectivity index (χ1) is 6.19. The molecule has 0 aliphatic heterocycles. The van der Waals surface area contributed by atoms with Crippen LogP contribution in [-0.4, -0.2) is 12.9 Å². The summed E-state index contributed by atoms with van der Waals surface area (Å²) >= 11 is 0. The summed E-state index contributed by atoms with van der Waals surface area (Å²) in [6.07, 6.45) is 0.242. The molecule has 0 heterocycles. The molecule has 1 radical (unpaired) electrons. The van der Waals surface area contributed by atoms with Crippen molar-refractivity contribution < 1.29 is 18.3 Å². The van der Waals surface area contributed by atoms with Gasteiger partial charge < -0.3 is 4.74 Å². The van der Waals surface area contributed by atoms with Crippen molar-refractivity contribution >= 4 is 6.29 Å². The van der Waals surface area contributed by atoms with E-state index in [2.05, 4.69) is 11.7 Å². The van der Waals surface area contributed by atoms with Gasteiger partial charge in [-0.05, 0) is 13.0 Å². The molecule has 0 N–H and O–H groups in total. The van der Waals surface area contributed by atoms with E-state index >= 15 is 0 Å². The Morgan fingerprint density at radius 3 is 2.62 bits per heavy atom. The second kappa shape index (κ2) is 3.98. The van der Waals surface area contributed by atoms with E-state index in [1.54, 1.807) is 0 Å². The number of carbonyl (C=O) groups excluding carboxylic acids is 1. The van der Waals surface area contributed by atoms with Gasteiger partial charge in [-0.25, -0.2) is 8.78 Å². The van der Waals surface area contributed by atoms with Crippen molar-refractivity contribution in [3.63, 3.8) is 0 Å². The Bertz CT molecular complexity index is 324. The summed E-state index contributed by atoms with van der Waals surface area (Å²) < 4.78 is 30.5. The SMILES string of the molecule is [CH2]COc1cc(F)c(C=O)cc1F. The van der Waals surface area contributed by atoms with Crippen molar-refractivity contribution in [3.8, 4) is 5.75 Å². The number of halogens is 2. The summed E-state index contributed by atoms with van der Waals surface area (Å²) in [6.45, 7) is 3.31. The van der Waals surface area contributed by atoms with Gasteiger partial charge in [-0.1, -0.05) is 0 Å². The van der Waals surface area contributed by atoms with E-state index in [0.29, 0.717) is 0 Å². The highest BCUT2D eigenvalue weighted by Crippen LogP contribution is 2.20. The predicted octanol–water partition coefficient (Wildman–Crippen LogP) is 1.99. The van der Waals surface area contributed by atoms with Crippen molar-refractivity contribution in [1.29, 1.82) is 0 Å². The van der Waals surface area contributed by atoms with Crippen LogP contribution < -0.4 is 4.74 Å². The third-order valence-corrected chi connectivity index (χ3v) is 1.44. The Kier molecular flexibility index (Phi) is 2.95. The number of benzene rings is 1. The second-order valence-corrected chi connectivity index (χ2v) is 2.27. The fraction of sp³-hybridized carbons (Fsp3) is 0.111. The average molecular weight is 185 g/mol. The lowest BCUT2D eigenvalue weighted by Crippen LogP contribution is -1.98. The molecule has 0 fully saturated rings. The maximum absolute atomic E-state index is 12.9. The zero-order valence-electron chi connectivity index (χ0n) is 6.72. The van der Waals surface area contributed by atoms with E-state index in [-0.39, 0.29) is 24.2 Å². The van der Waals surface area contributed by atoms with Gasteiger partial charge >= 0.3 is 0 Å². The Morgan fingerprint density at radius 1 is 1.38 bits per heavy atom. The van der Waals surface area contributed by atoms with Gasteiger partial charge in [0.15, 0.2) is 17.9 Å². The zero-order chi connectivity index (χ0) is 9.84. The lowest BCUT2D eigenvalue weighted by Gasteiger charge is -2.04. The van der Waals surface area contributed by atoms with Gasteiger partial charge in [-0.3, -0.25) is 4.79 Å². The lowest BCUT2D eigenvalue weighted by molar-refractivity contribution is 0.111. The van der Waals surface area contributed by atoms with Crippen LogP contribution in [0.1, 0.15) is 10.4 Å². The molecule has 0 spiro atoms. The molecule has 13 heavy (non-hydrogen) atoms. The molecule has 0 aromatic heterocycles. The smallest absolute Gasteiger partial charge is 0.165 e. The number of rotatable bonds is 3. The molecule has 0 amide bonds. The van der Waals surface area contributed by atoms with Gasteiger partial charge in [-0.2, -0.15) is 0 Å². The highest BCUT2D eigenvalue weighted by atomic mass is 19.1. The van der Waals surface area contributed by atoms with Crippen LogP contribution >= 0.6 is 0 Å². The van der Waals surface area contributed by atoms with Crippen LogP contribution in [0.4, 0.5) is 8.78 Å². The first-order valence-corrected chi connectivity index (χ1v) is 3.55. The summed E-state index contributed by atoms with van der Waals surface area (Å²) in [6, 6.07) is 1.61. The molecule has 0 bridgehead atoms. The third-order valence-electron chi connectivity index (χ3n) is 1.44. The van der Waals surface area contributed by atoms with Gasteiger partial charge in [-0.15, -0.1) is 0 Å². The maximum Gasteiger partial charge on any atom is 0.165 e. The van der Waals surface area contributed by atoms with Crippen LogP contribution in [-0.2, 0) is 0 Å². The van der Waals surface area contributed by atoms with Crippen LogP contribution in [0.3, 0.4) is 0 Å². The number of hydrogen-bond donors (Lipinski definition) is 0. The third kappa shape index (κ3) is 2.02. The van der Waals surface area contributed by atoms with Crippen LogP contribution in [0, 0.1) is 18.6 Å². The van der Waals surface area contributed by atoms with Gasteiger partial charge in [0.2, 0.25) is 0 Å². The average Bonchev–Trinajstić information content (AvgIpc) is 2.11. The van der Waals surface area contributed by atoms with Crippen LogP contribution in [0.25, 0.3) is 0 Å². The molecule has 0 saturated heterocycles. The molecule has 1 rings (SSSR count). The fourth-order valence-corrected chi connectivity index (χ4v) is 0.855. The summed E-state index contributed by atoms with van der Waals surface area (Å²) in [5.41, 5.74) is -0.325. The molecule has 0 atom stereocenters. The Labute approximate surface area is 74.1 Å². The first kappa shape index (κ1) is 9.64. The number of hydrogen-bond acceptors (Lipinski definition) is 2. The molecule has 1 aromatic carbocycles. The monoisotopic (exact) mass is 185 g/mol. The molecule has 0 saturated carbocycles. The quantitative estimate of drug-likeness (QED) is 0.673. The predicted molar refractivity (Wildman–Crippen MR) is 42.6 cm³/mol. The van der Waals surface area contributed by atoms with Gasteiger partial charge in [0.05, 0.1) is 12.2 Å². The van der Waals surface area contributed by atoms with E-state index in [1.807, 2.05) is 0 Å². The molecule has 0 aliphatic rings. The minimum absolute atomic E-state index is 0.00318. The summed E-state index contributed by atoms with van der Waals surface area (Å²) in [5.74, 6) is -1.81. The zero-order valence-corrected chi connectivity index (χ0v) is 6.72. The maximum atomic E-state index is 12.9. The molecule has 1 aromatic rings. The van der Waals surface area contributed by atoms with Crippen molar-refractivity contribution in [3.05, 3.63) is 36.3 Å². The Balaban J connectivity index is 3.12. The van der Waals surface area contributed by atoms with Crippen LogP contribution in [0.2, 0.25) is 0 Å². The topological polar surface area (TPSA) is 26.3 Å². The summed E-state index contributed by atoms with van der Waals surface area (Å²) in [7, 11) is 0. The fourth-order valence-electron chi connectivity index (χ4n) is 0.855. The van der Waals surface area contributed by atoms with E-state index in [0.717, 1.165) is 12.1 Å². The van der Waals surface area contributed by atoms with Gasteiger partial charge in [0.25, 0.3) is 0 Å².